The Hall–Kier alpha value is -1.03. The third kappa shape index (κ3) is 2.23. The van der Waals surface area contributed by atoms with Crippen molar-refractivity contribution in [1.82, 2.24) is 9.78 Å². The molecule has 12 heavy (non-hydrogen) atoms. The standard InChI is InChI=1S/C8H16N4/c1-8(2,10)5-6-4-7(9)12(3)11-6/h4H,5,9-10H2,1-3H3. The molecule has 0 aliphatic rings. The van der Waals surface area contributed by atoms with E-state index >= 15 is 0 Å². The Morgan fingerprint density at radius 3 is 2.50 bits per heavy atom. The van der Waals surface area contributed by atoms with Crippen LogP contribution in [0.25, 0.3) is 0 Å². The van der Waals surface area contributed by atoms with Gasteiger partial charge in [-0.2, -0.15) is 5.10 Å². The van der Waals surface area contributed by atoms with Crippen LogP contribution in [0.4, 0.5) is 5.82 Å². The number of aromatic nitrogens is 2. The first-order valence-corrected chi connectivity index (χ1v) is 3.96. The fourth-order valence-electron chi connectivity index (χ4n) is 1.10. The lowest BCUT2D eigenvalue weighted by Gasteiger charge is -2.15. The van der Waals surface area contributed by atoms with Gasteiger partial charge in [0.25, 0.3) is 0 Å². The molecule has 0 aliphatic heterocycles. The van der Waals surface area contributed by atoms with Crippen molar-refractivity contribution in [2.24, 2.45) is 12.8 Å². The Bertz CT molecular complexity index is 250. The van der Waals surface area contributed by atoms with Crippen LogP contribution < -0.4 is 11.5 Å². The van der Waals surface area contributed by atoms with E-state index in [9.17, 15) is 0 Å². The number of hydrogen-bond acceptors (Lipinski definition) is 3. The molecule has 0 spiro atoms. The van der Waals surface area contributed by atoms with Gasteiger partial charge in [0.1, 0.15) is 5.82 Å². The molecule has 1 rings (SSSR count). The molecule has 0 saturated heterocycles. The number of nitrogen functional groups attached to an aromatic ring is 1. The zero-order valence-corrected chi connectivity index (χ0v) is 7.83. The van der Waals surface area contributed by atoms with E-state index in [0.29, 0.717) is 5.82 Å². The fourth-order valence-corrected chi connectivity index (χ4v) is 1.10. The van der Waals surface area contributed by atoms with Crippen LogP contribution in [0, 0.1) is 0 Å². The van der Waals surface area contributed by atoms with Crippen LogP contribution in [-0.4, -0.2) is 15.3 Å². The number of nitrogens with two attached hydrogens (primary N) is 2. The van der Waals surface area contributed by atoms with Crippen LogP contribution in [0.1, 0.15) is 19.5 Å². The van der Waals surface area contributed by atoms with Gasteiger partial charge in [0.2, 0.25) is 0 Å². The summed E-state index contributed by atoms with van der Waals surface area (Å²) in [6.07, 6.45) is 0.748. The second-order valence-electron chi connectivity index (χ2n) is 3.85. The van der Waals surface area contributed by atoms with E-state index in [1.165, 1.54) is 0 Å². The molecule has 0 unspecified atom stereocenters. The molecule has 0 aliphatic carbocycles. The minimum absolute atomic E-state index is 0.221. The predicted molar refractivity (Wildman–Crippen MR) is 49.6 cm³/mol. The second kappa shape index (κ2) is 2.79. The molecule has 1 aromatic rings. The van der Waals surface area contributed by atoms with E-state index in [4.69, 9.17) is 11.5 Å². The zero-order chi connectivity index (χ0) is 9.35. The van der Waals surface area contributed by atoms with Crippen molar-refractivity contribution in [3.63, 3.8) is 0 Å². The van der Waals surface area contributed by atoms with Crippen molar-refractivity contribution in [2.75, 3.05) is 5.73 Å². The number of hydrogen-bond donors (Lipinski definition) is 2. The number of anilines is 1. The van der Waals surface area contributed by atoms with Gasteiger partial charge in [-0.05, 0) is 13.8 Å². The Labute approximate surface area is 72.5 Å². The van der Waals surface area contributed by atoms with Crippen molar-refractivity contribution < 1.29 is 0 Å². The van der Waals surface area contributed by atoms with Crippen LogP contribution in [0.15, 0.2) is 6.07 Å². The molecular weight excluding hydrogens is 152 g/mol. The minimum atomic E-state index is -0.221. The summed E-state index contributed by atoms with van der Waals surface area (Å²) in [6.45, 7) is 3.94. The van der Waals surface area contributed by atoms with Crippen molar-refractivity contribution >= 4 is 5.82 Å². The molecule has 1 aromatic heterocycles. The van der Waals surface area contributed by atoms with Crippen LogP contribution >= 0.6 is 0 Å². The summed E-state index contributed by atoms with van der Waals surface area (Å²) >= 11 is 0. The number of aryl methyl sites for hydroxylation is 1. The third-order valence-corrected chi connectivity index (χ3v) is 1.60. The van der Waals surface area contributed by atoms with Crippen LogP contribution in [0.5, 0.6) is 0 Å². The SMILES string of the molecule is Cn1nc(CC(C)(C)N)cc1N. The summed E-state index contributed by atoms with van der Waals surface area (Å²) in [7, 11) is 1.82. The lowest BCUT2D eigenvalue weighted by atomic mass is 10.0. The number of nitrogens with zero attached hydrogens (tertiary/aromatic N) is 2. The lowest BCUT2D eigenvalue weighted by molar-refractivity contribution is 0.506. The highest BCUT2D eigenvalue weighted by molar-refractivity contribution is 5.30. The predicted octanol–water partition coefficient (Wildman–Crippen LogP) is 0.282. The van der Waals surface area contributed by atoms with Crippen LogP contribution in [-0.2, 0) is 13.5 Å². The third-order valence-electron chi connectivity index (χ3n) is 1.60. The maximum Gasteiger partial charge on any atom is 0.121 e. The molecule has 4 heteroatoms. The highest BCUT2D eigenvalue weighted by atomic mass is 15.3. The summed E-state index contributed by atoms with van der Waals surface area (Å²) in [5.41, 5.74) is 12.2. The normalized spacial score (nSPS) is 12.0. The molecular formula is C8H16N4. The zero-order valence-electron chi connectivity index (χ0n) is 7.83. The smallest absolute Gasteiger partial charge is 0.121 e. The Kier molecular flexibility index (Phi) is 2.10. The van der Waals surface area contributed by atoms with E-state index < -0.39 is 0 Å². The first-order chi connectivity index (χ1) is 5.38. The first kappa shape index (κ1) is 9.06. The molecule has 4 nitrogen and oxygen atoms in total. The highest BCUT2D eigenvalue weighted by Gasteiger charge is 2.14. The van der Waals surface area contributed by atoms with Gasteiger partial charge in [-0.3, -0.25) is 4.68 Å². The van der Waals surface area contributed by atoms with Crippen LogP contribution in [0.2, 0.25) is 0 Å². The Morgan fingerprint density at radius 1 is 1.58 bits per heavy atom. The second-order valence-corrected chi connectivity index (χ2v) is 3.85. The first-order valence-electron chi connectivity index (χ1n) is 3.96. The van der Waals surface area contributed by atoms with Gasteiger partial charge in [0, 0.05) is 25.1 Å². The van der Waals surface area contributed by atoms with Gasteiger partial charge in [-0.1, -0.05) is 0 Å². The van der Waals surface area contributed by atoms with Crippen molar-refractivity contribution in [2.45, 2.75) is 25.8 Å². The summed E-state index contributed by atoms with van der Waals surface area (Å²) in [4.78, 5) is 0. The molecule has 4 N–H and O–H groups in total. The van der Waals surface area contributed by atoms with Gasteiger partial charge in [0.15, 0.2) is 0 Å². The maximum absolute atomic E-state index is 5.84. The summed E-state index contributed by atoms with van der Waals surface area (Å²) in [5.74, 6) is 0.675. The lowest BCUT2D eigenvalue weighted by Crippen LogP contribution is -2.34. The molecule has 0 amide bonds. The average molecular weight is 168 g/mol. The Morgan fingerprint density at radius 2 is 2.17 bits per heavy atom. The largest absolute Gasteiger partial charge is 0.384 e. The molecule has 68 valence electrons. The molecule has 1 heterocycles. The Balaban J connectivity index is 2.77. The van der Waals surface area contributed by atoms with E-state index in [-0.39, 0.29) is 5.54 Å². The minimum Gasteiger partial charge on any atom is -0.384 e. The van der Waals surface area contributed by atoms with Crippen molar-refractivity contribution in [3.8, 4) is 0 Å². The van der Waals surface area contributed by atoms with E-state index in [2.05, 4.69) is 5.10 Å². The van der Waals surface area contributed by atoms with Crippen molar-refractivity contribution in [1.29, 1.82) is 0 Å². The highest BCUT2D eigenvalue weighted by Crippen LogP contribution is 2.10. The molecule has 0 radical (unpaired) electrons. The molecule has 0 aromatic carbocycles. The summed E-state index contributed by atoms with van der Waals surface area (Å²) in [5, 5.41) is 4.21. The van der Waals surface area contributed by atoms with Gasteiger partial charge in [-0.25, -0.2) is 0 Å². The maximum atomic E-state index is 5.84. The van der Waals surface area contributed by atoms with Gasteiger partial charge >= 0.3 is 0 Å². The molecule has 0 atom stereocenters. The van der Waals surface area contributed by atoms with E-state index in [0.717, 1.165) is 12.1 Å². The quantitative estimate of drug-likeness (QED) is 0.666. The van der Waals surface area contributed by atoms with E-state index in [1.54, 1.807) is 4.68 Å². The van der Waals surface area contributed by atoms with Gasteiger partial charge in [-0.15, -0.1) is 0 Å². The summed E-state index contributed by atoms with van der Waals surface area (Å²) in [6, 6.07) is 1.86. The molecule has 0 saturated carbocycles. The average Bonchev–Trinajstić information content (AvgIpc) is 2.07. The van der Waals surface area contributed by atoms with Gasteiger partial charge in [0.05, 0.1) is 5.69 Å². The fraction of sp³-hybridized carbons (Fsp3) is 0.625. The van der Waals surface area contributed by atoms with Gasteiger partial charge < -0.3 is 11.5 Å². The molecule has 0 bridgehead atoms. The summed E-state index contributed by atoms with van der Waals surface area (Å²) < 4.78 is 1.65. The van der Waals surface area contributed by atoms with E-state index in [1.807, 2.05) is 27.0 Å². The van der Waals surface area contributed by atoms with Crippen LogP contribution in [0.3, 0.4) is 0 Å². The molecule has 0 fully saturated rings. The topological polar surface area (TPSA) is 69.9 Å². The number of rotatable bonds is 2. The van der Waals surface area contributed by atoms with Crippen molar-refractivity contribution in [3.05, 3.63) is 11.8 Å². The monoisotopic (exact) mass is 168 g/mol.